The summed E-state index contributed by atoms with van der Waals surface area (Å²) in [7, 11) is 0. The molecule has 0 unspecified atom stereocenters. The van der Waals surface area contributed by atoms with Crippen LogP contribution < -0.4 is 5.32 Å². The first kappa shape index (κ1) is 15.2. The molecule has 7 heteroatoms. The molecule has 1 fully saturated rings. The molecule has 0 spiro atoms. The van der Waals surface area contributed by atoms with E-state index in [0.717, 1.165) is 25.0 Å². The summed E-state index contributed by atoms with van der Waals surface area (Å²) in [6.45, 7) is 1.39. The zero-order valence-electron chi connectivity index (χ0n) is 11.2. The van der Waals surface area contributed by atoms with Crippen LogP contribution in [0.1, 0.15) is 24.0 Å². The van der Waals surface area contributed by atoms with Crippen LogP contribution in [0.4, 0.5) is 18.9 Å². The highest BCUT2D eigenvalue weighted by atomic mass is 19.4. The summed E-state index contributed by atoms with van der Waals surface area (Å²) in [5, 5.41) is 11.7. The molecular weight excluding hydrogens is 283 g/mol. The largest absolute Gasteiger partial charge is 0.416 e. The van der Waals surface area contributed by atoms with Gasteiger partial charge >= 0.3 is 6.18 Å². The molecule has 1 aliphatic rings. The lowest BCUT2D eigenvalue weighted by Gasteiger charge is -2.16. The smallest absolute Gasteiger partial charge is 0.375 e. The number of anilines is 1. The maximum absolute atomic E-state index is 12.6. The Morgan fingerprint density at radius 3 is 2.57 bits per heavy atom. The average molecular weight is 297 g/mol. The molecule has 0 atom stereocenters. The Morgan fingerprint density at radius 1 is 1.33 bits per heavy atom. The Bertz CT molecular complexity index is 572. The van der Waals surface area contributed by atoms with Crippen LogP contribution in [0.15, 0.2) is 18.2 Å². The van der Waals surface area contributed by atoms with Crippen LogP contribution in [-0.2, 0) is 11.0 Å². The number of amides is 1. The first-order chi connectivity index (χ1) is 9.91. The van der Waals surface area contributed by atoms with Gasteiger partial charge in [0.2, 0.25) is 5.91 Å². The van der Waals surface area contributed by atoms with Crippen molar-refractivity contribution in [3.05, 3.63) is 29.3 Å². The van der Waals surface area contributed by atoms with Crippen LogP contribution in [0, 0.1) is 11.3 Å². The number of nitrogens with one attached hydrogen (secondary N) is 1. The average Bonchev–Trinajstić information content (AvgIpc) is 2.97. The molecule has 0 aliphatic carbocycles. The van der Waals surface area contributed by atoms with Gasteiger partial charge in [0, 0.05) is 13.1 Å². The summed E-state index contributed by atoms with van der Waals surface area (Å²) >= 11 is 0. The van der Waals surface area contributed by atoms with Gasteiger partial charge in [-0.3, -0.25) is 4.79 Å². The van der Waals surface area contributed by atoms with E-state index >= 15 is 0 Å². The van der Waals surface area contributed by atoms with Gasteiger partial charge in [-0.1, -0.05) is 0 Å². The number of rotatable bonds is 3. The highest BCUT2D eigenvalue weighted by Crippen LogP contribution is 2.31. The van der Waals surface area contributed by atoms with Crippen LogP contribution in [0.3, 0.4) is 0 Å². The fourth-order valence-corrected chi connectivity index (χ4v) is 2.22. The molecule has 1 aromatic carbocycles. The third-order valence-corrected chi connectivity index (χ3v) is 3.36. The first-order valence-corrected chi connectivity index (χ1v) is 6.55. The summed E-state index contributed by atoms with van der Waals surface area (Å²) in [6, 6.07) is 4.57. The summed E-state index contributed by atoms with van der Waals surface area (Å²) in [5.41, 5.74) is -0.771. The number of benzene rings is 1. The van der Waals surface area contributed by atoms with Crippen LogP contribution in [-0.4, -0.2) is 30.4 Å². The lowest BCUT2D eigenvalue weighted by atomic mass is 10.1. The molecule has 1 aliphatic heterocycles. The van der Waals surface area contributed by atoms with Gasteiger partial charge in [0.1, 0.15) is 6.07 Å². The molecule has 1 heterocycles. The van der Waals surface area contributed by atoms with Gasteiger partial charge in [0.05, 0.1) is 23.4 Å². The van der Waals surface area contributed by atoms with E-state index in [1.54, 1.807) is 11.0 Å². The third-order valence-electron chi connectivity index (χ3n) is 3.36. The van der Waals surface area contributed by atoms with Crippen molar-refractivity contribution in [2.75, 3.05) is 25.0 Å². The second kappa shape index (κ2) is 6.04. The fraction of sp³-hybridized carbons (Fsp3) is 0.429. The predicted octanol–water partition coefficient (Wildman–Crippen LogP) is 2.61. The van der Waals surface area contributed by atoms with Crippen LogP contribution in [0.2, 0.25) is 0 Å². The van der Waals surface area contributed by atoms with Gasteiger partial charge in [-0.05, 0) is 31.0 Å². The van der Waals surface area contributed by atoms with E-state index in [1.165, 1.54) is 6.07 Å². The van der Waals surface area contributed by atoms with Gasteiger partial charge in [0.15, 0.2) is 0 Å². The van der Waals surface area contributed by atoms with Crippen molar-refractivity contribution in [2.45, 2.75) is 19.0 Å². The maximum atomic E-state index is 12.6. The van der Waals surface area contributed by atoms with Crippen molar-refractivity contribution in [3.63, 3.8) is 0 Å². The summed E-state index contributed by atoms with van der Waals surface area (Å²) < 4.78 is 37.7. The van der Waals surface area contributed by atoms with E-state index in [1.807, 2.05) is 0 Å². The molecule has 0 radical (unpaired) electrons. The summed E-state index contributed by atoms with van der Waals surface area (Å²) in [5.74, 6) is -0.115. The second-order valence-electron chi connectivity index (χ2n) is 4.81. The quantitative estimate of drug-likeness (QED) is 0.933. The number of carbonyl (C=O) groups excluding carboxylic acids is 1. The Balaban J connectivity index is 2.06. The molecule has 0 bridgehead atoms. The second-order valence-corrected chi connectivity index (χ2v) is 4.81. The van der Waals surface area contributed by atoms with E-state index in [4.69, 9.17) is 5.26 Å². The van der Waals surface area contributed by atoms with E-state index in [0.29, 0.717) is 13.1 Å². The third kappa shape index (κ3) is 3.66. The van der Waals surface area contributed by atoms with Crippen molar-refractivity contribution in [3.8, 4) is 6.07 Å². The molecule has 1 N–H and O–H groups in total. The molecule has 1 saturated heterocycles. The number of hydrogen-bond donors (Lipinski definition) is 1. The molecular formula is C14H14F3N3O. The van der Waals surface area contributed by atoms with Gasteiger partial charge < -0.3 is 10.2 Å². The topological polar surface area (TPSA) is 56.1 Å². The van der Waals surface area contributed by atoms with Crippen molar-refractivity contribution in [1.82, 2.24) is 4.90 Å². The molecule has 1 aromatic rings. The lowest BCUT2D eigenvalue weighted by Crippen LogP contribution is -2.33. The first-order valence-electron chi connectivity index (χ1n) is 6.55. The standard InChI is InChI=1S/C14H14F3N3O/c15-14(16,17)11-3-4-12(10(7-11)8-18)19-9-13(21)20-5-1-2-6-20/h3-4,7,19H,1-2,5-6,9H2. The number of hydrogen-bond acceptors (Lipinski definition) is 3. The number of carbonyl (C=O) groups is 1. The molecule has 0 saturated carbocycles. The molecule has 0 aromatic heterocycles. The molecule has 4 nitrogen and oxygen atoms in total. The van der Waals surface area contributed by atoms with Crippen LogP contribution in [0.25, 0.3) is 0 Å². The highest BCUT2D eigenvalue weighted by Gasteiger charge is 2.31. The maximum Gasteiger partial charge on any atom is 0.416 e. The van der Waals surface area contributed by atoms with Gasteiger partial charge in [-0.2, -0.15) is 18.4 Å². The fourth-order valence-electron chi connectivity index (χ4n) is 2.22. The minimum atomic E-state index is -4.49. The Morgan fingerprint density at radius 2 is 2.00 bits per heavy atom. The highest BCUT2D eigenvalue weighted by molar-refractivity contribution is 5.81. The molecule has 112 valence electrons. The van der Waals surface area contributed by atoms with Crippen LogP contribution >= 0.6 is 0 Å². The van der Waals surface area contributed by atoms with Crippen molar-refractivity contribution in [2.24, 2.45) is 0 Å². The Hall–Kier alpha value is -2.23. The molecule has 21 heavy (non-hydrogen) atoms. The normalized spacial score (nSPS) is 14.9. The molecule has 2 rings (SSSR count). The van der Waals surface area contributed by atoms with Gasteiger partial charge in [-0.15, -0.1) is 0 Å². The van der Waals surface area contributed by atoms with Crippen molar-refractivity contribution >= 4 is 11.6 Å². The van der Waals surface area contributed by atoms with Gasteiger partial charge in [0.25, 0.3) is 0 Å². The number of likely N-dealkylation sites (tertiary alicyclic amines) is 1. The number of alkyl halides is 3. The monoisotopic (exact) mass is 297 g/mol. The van der Waals surface area contributed by atoms with E-state index in [2.05, 4.69) is 5.32 Å². The number of nitrogens with zero attached hydrogens (tertiary/aromatic N) is 2. The van der Waals surface area contributed by atoms with E-state index < -0.39 is 11.7 Å². The zero-order chi connectivity index (χ0) is 15.5. The minimum Gasteiger partial charge on any atom is -0.375 e. The minimum absolute atomic E-state index is 0.0277. The van der Waals surface area contributed by atoms with Crippen molar-refractivity contribution in [1.29, 1.82) is 5.26 Å². The van der Waals surface area contributed by atoms with Gasteiger partial charge in [-0.25, -0.2) is 0 Å². The SMILES string of the molecule is N#Cc1cc(C(F)(F)F)ccc1NCC(=O)N1CCCC1. The Kier molecular flexibility index (Phi) is 4.36. The zero-order valence-corrected chi connectivity index (χ0v) is 11.2. The van der Waals surface area contributed by atoms with E-state index in [9.17, 15) is 18.0 Å². The number of nitriles is 1. The number of halogens is 3. The van der Waals surface area contributed by atoms with Crippen molar-refractivity contribution < 1.29 is 18.0 Å². The van der Waals surface area contributed by atoms with E-state index in [-0.39, 0.29) is 23.7 Å². The predicted molar refractivity (Wildman–Crippen MR) is 70.5 cm³/mol. The lowest BCUT2D eigenvalue weighted by molar-refractivity contribution is -0.137. The summed E-state index contributed by atoms with van der Waals surface area (Å²) in [4.78, 5) is 13.5. The summed E-state index contributed by atoms with van der Waals surface area (Å²) in [6.07, 6.45) is -2.56. The Labute approximate surface area is 120 Å². The van der Waals surface area contributed by atoms with Crippen LogP contribution in [0.5, 0.6) is 0 Å². The molecule has 1 amide bonds.